The quantitative estimate of drug-likeness (QED) is 0.518. The smallest absolute Gasteiger partial charge is 0.294 e. The average molecular weight is 304 g/mol. The minimum absolute atomic E-state index is 0.246. The summed E-state index contributed by atoms with van der Waals surface area (Å²) in [7, 11) is 0. The maximum Gasteiger partial charge on any atom is 0.294 e. The normalized spacial score (nSPS) is 11.0. The highest BCUT2D eigenvalue weighted by atomic mass is 35.5. The van der Waals surface area contributed by atoms with E-state index in [0.717, 1.165) is 5.56 Å². The van der Waals surface area contributed by atoms with Gasteiger partial charge in [0.15, 0.2) is 0 Å². The fourth-order valence-electron chi connectivity index (χ4n) is 1.52. The van der Waals surface area contributed by atoms with Crippen LogP contribution >= 0.6 is 11.6 Å². The number of anilines is 1. The van der Waals surface area contributed by atoms with Crippen molar-refractivity contribution in [3.8, 4) is 0 Å². The number of hydrogen-bond acceptors (Lipinski definition) is 3. The lowest BCUT2D eigenvalue weighted by Crippen LogP contribution is -2.30. The van der Waals surface area contributed by atoms with Gasteiger partial charge in [-0.05, 0) is 29.8 Å². The fraction of sp³-hybridized carbons (Fsp3) is 0.0667. The molecule has 0 saturated carbocycles. The van der Waals surface area contributed by atoms with E-state index in [1.54, 1.807) is 24.3 Å². The zero-order valence-corrected chi connectivity index (χ0v) is 11.9. The molecule has 3 N–H and O–H groups in total. The van der Waals surface area contributed by atoms with Crippen LogP contribution in [0.1, 0.15) is 5.56 Å². The third kappa shape index (κ3) is 4.81. The molecule has 6 heteroatoms. The highest BCUT2D eigenvalue weighted by Gasteiger charge is 2.08. The van der Waals surface area contributed by atoms with Gasteiger partial charge in [-0.1, -0.05) is 47.1 Å². The molecule has 2 aromatic rings. The van der Waals surface area contributed by atoms with Crippen LogP contribution in [0.3, 0.4) is 0 Å². The lowest BCUT2D eigenvalue weighted by atomic mass is 10.2. The van der Waals surface area contributed by atoms with Crippen LogP contribution in [0, 0.1) is 0 Å². The van der Waals surface area contributed by atoms with E-state index >= 15 is 0 Å². The van der Waals surface area contributed by atoms with Gasteiger partial charge in [-0.25, -0.2) is 0 Å². The molecule has 0 saturated heterocycles. The van der Waals surface area contributed by atoms with E-state index in [9.17, 15) is 4.79 Å². The van der Waals surface area contributed by atoms with Gasteiger partial charge in [-0.2, -0.15) is 0 Å². The summed E-state index contributed by atoms with van der Waals surface area (Å²) in [6.45, 7) is 0.246. The molecule has 1 amide bonds. The van der Waals surface area contributed by atoms with Crippen LogP contribution in [0.5, 0.6) is 0 Å². The van der Waals surface area contributed by atoms with Crippen LogP contribution in [0.4, 0.5) is 5.69 Å². The van der Waals surface area contributed by atoms with E-state index in [4.69, 9.17) is 22.2 Å². The van der Waals surface area contributed by atoms with Crippen molar-refractivity contribution >= 4 is 29.0 Å². The average Bonchev–Trinajstić information content (AvgIpc) is 2.50. The molecule has 2 rings (SSSR count). The summed E-state index contributed by atoms with van der Waals surface area (Å²) in [6.07, 6.45) is 0. The molecule has 0 fully saturated rings. The number of nitrogens with one attached hydrogen (secondary N) is 1. The van der Waals surface area contributed by atoms with Gasteiger partial charge >= 0.3 is 0 Å². The van der Waals surface area contributed by atoms with Crippen molar-refractivity contribution in [1.29, 1.82) is 0 Å². The Bertz CT molecular complexity index is 627. The predicted molar refractivity (Wildman–Crippen MR) is 82.9 cm³/mol. The molecule has 0 aromatic heterocycles. The first-order valence-corrected chi connectivity index (χ1v) is 6.59. The second kappa shape index (κ2) is 7.31. The Morgan fingerprint density at radius 2 is 1.81 bits per heavy atom. The molecular weight excluding hydrogens is 290 g/mol. The molecule has 5 nitrogen and oxygen atoms in total. The van der Waals surface area contributed by atoms with Gasteiger partial charge < -0.3 is 15.9 Å². The van der Waals surface area contributed by atoms with Gasteiger partial charge in [-0.3, -0.25) is 4.79 Å². The molecular formula is C15H14ClN3O2. The van der Waals surface area contributed by atoms with E-state index < -0.39 is 5.91 Å². The van der Waals surface area contributed by atoms with Crippen molar-refractivity contribution < 1.29 is 9.63 Å². The summed E-state index contributed by atoms with van der Waals surface area (Å²) < 4.78 is 0. The summed E-state index contributed by atoms with van der Waals surface area (Å²) in [5.74, 6) is -0.786. The Labute approximate surface area is 127 Å². The number of benzene rings is 2. The summed E-state index contributed by atoms with van der Waals surface area (Å²) in [6, 6.07) is 16.1. The van der Waals surface area contributed by atoms with Gasteiger partial charge in [0.25, 0.3) is 5.91 Å². The third-order valence-corrected chi connectivity index (χ3v) is 2.82. The van der Waals surface area contributed by atoms with Crippen LogP contribution in [0.15, 0.2) is 59.8 Å². The molecule has 0 spiro atoms. The number of halogens is 1. The van der Waals surface area contributed by atoms with E-state index in [1.165, 1.54) is 0 Å². The Hall–Kier alpha value is -2.53. The van der Waals surface area contributed by atoms with Gasteiger partial charge in [0.1, 0.15) is 6.61 Å². The van der Waals surface area contributed by atoms with E-state index in [0.29, 0.717) is 10.7 Å². The molecule has 0 bridgehead atoms. The minimum atomic E-state index is -0.537. The molecule has 0 aliphatic heterocycles. The standard InChI is InChI=1S/C15H14ClN3O2/c16-12-6-8-13(9-7-12)18-15(20)14(17)19-21-10-11-4-2-1-3-5-11/h1-9H,10H2,(H2,17,19)(H,18,20). The Morgan fingerprint density at radius 1 is 1.14 bits per heavy atom. The van der Waals surface area contributed by atoms with Crippen molar-refractivity contribution in [2.75, 3.05) is 5.32 Å². The van der Waals surface area contributed by atoms with Crippen molar-refractivity contribution in [2.24, 2.45) is 10.9 Å². The number of nitrogens with zero attached hydrogens (tertiary/aromatic N) is 1. The number of carbonyl (C=O) groups excluding carboxylic acids is 1. The number of rotatable bonds is 4. The predicted octanol–water partition coefficient (Wildman–Crippen LogP) is 2.77. The lowest BCUT2D eigenvalue weighted by Gasteiger charge is -2.05. The van der Waals surface area contributed by atoms with E-state index in [-0.39, 0.29) is 12.4 Å². The van der Waals surface area contributed by atoms with Crippen LogP contribution < -0.4 is 11.1 Å². The summed E-state index contributed by atoms with van der Waals surface area (Å²) in [4.78, 5) is 16.8. The number of oxime groups is 1. The second-order valence-corrected chi connectivity index (χ2v) is 4.63. The molecule has 0 unspecified atom stereocenters. The van der Waals surface area contributed by atoms with Crippen molar-refractivity contribution in [2.45, 2.75) is 6.61 Å². The fourth-order valence-corrected chi connectivity index (χ4v) is 1.65. The largest absolute Gasteiger partial charge is 0.389 e. The highest BCUT2D eigenvalue weighted by Crippen LogP contribution is 2.13. The maximum absolute atomic E-state index is 11.8. The van der Waals surface area contributed by atoms with Crippen molar-refractivity contribution in [1.82, 2.24) is 0 Å². The minimum Gasteiger partial charge on any atom is -0.389 e. The van der Waals surface area contributed by atoms with Crippen LogP contribution in [0.25, 0.3) is 0 Å². The molecule has 0 aliphatic rings. The van der Waals surface area contributed by atoms with Gasteiger partial charge in [-0.15, -0.1) is 0 Å². The molecule has 21 heavy (non-hydrogen) atoms. The van der Waals surface area contributed by atoms with Crippen LogP contribution in [-0.2, 0) is 16.2 Å². The molecule has 2 aromatic carbocycles. The summed E-state index contributed by atoms with van der Waals surface area (Å²) in [5.41, 5.74) is 7.06. The first kappa shape index (κ1) is 14.9. The monoisotopic (exact) mass is 303 g/mol. The number of nitrogens with two attached hydrogens (primary N) is 1. The van der Waals surface area contributed by atoms with Gasteiger partial charge in [0.05, 0.1) is 0 Å². The molecule has 108 valence electrons. The number of hydrogen-bond donors (Lipinski definition) is 2. The van der Waals surface area contributed by atoms with Gasteiger partial charge in [0, 0.05) is 10.7 Å². The topological polar surface area (TPSA) is 76.7 Å². The summed E-state index contributed by atoms with van der Waals surface area (Å²) >= 11 is 5.76. The zero-order valence-electron chi connectivity index (χ0n) is 11.1. The molecule has 0 aliphatic carbocycles. The maximum atomic E-state index is 11.8. The Morgan fingerprint density at radius 3 is 2.48 bits per heavy atom. The van der Waals surface area contributed by atoms with E-state index in [2.05, 4.69) is 10.5 Å². The third-order valence-electron chi connectivity index (χ3n) is 2.57. The van der Waals surface area contributed by atoms with E-state index in [1.807, 2.05) is 30.3 Å². The van der Waals surface area contributed by atoms with Crippen LogP contribution in [-0.4, -0.2) is 11.7 Å². The first-order valence-electron chi connectivity index (χ1n) is 6.21. The van der Waals surface area contributed by atoms with Crippen LogP contribution in [0.2, 0.25) is 5.02 Å². The van der Waals surface area contributed by atoms with Gasteiger partial charge in [0.2, 0.25) is 5.84 Å². The molecule has 0 radical (unpaired) electrons. The Kier molecular flexibility index (Phi) is 5.17. The molecule has 0 atom stereocenters. The van der Waals surface area contributed by atoms with Crippen molar-refractivity contribution in [3.05, 3.63) is 65.2 Å². The highest BCUT2D eigenvalue weighted by molar-refractivity contribution is 6.41. The lowest BCUT2D eigenvalue weighted by molar-refractivity contribution is -0.110. The second-order valence-electron chi connectivity index (χ2n) is 4.20. The number of amidine groups is 1. The zero-order chi connectivity index (χ0) is 15.1. The van der Waals surface area contributed by atoms with Crippen molar-refractivity contribution in [3.63, 3.8) is 0 Å². The first-order chi connectivity index (χ1) is 10.1. The summed E-state index contributed by atoms with van der Waals surface area (Å²) in [5, 5.41) is 6.76. The Balaban J connectivity index is 1.86. The number of carbonyl (C=O) groups is 1. The molecule has 0 heterocycles. The number of amides is 1. The SMILES string of the molecule is NC(=NOCc1ccccc1)C(=O)Nc1ccc(Cl)cc1.